The van der Waals surface area contributed by atoms with Crippen molar-refractivity contribution in [3.63, 3.8) is 0 Å². The predicted octanol–water partition coefficient (Wildman–Crippen LogP) is 1.04. The molecule has 0 fully saturated rings. The van der Waals surface area contributed by atoms with E-state index in [4.69, 9.17) is 0 Å². The topological polar surface area (TPSA) is 50.2 Å². The maximum absolute atomic E-state index is 12.2. The van der Waals surface area contributed by atoms with Crippen LogP contribution in [0.1, 0.15) is 5.56 Å². The molecule has 4 nitrogen and oxygen atoms in total. The number of fused-ring (bicyclic) bond motifs is 1. The minimum Gasteiger partial charge on any atom is -0.268 e. The van der Waals surface area contributed by atoms with Crippen molar-refractivity contribution in [2.24, 2.45) is 0 Å². The molecule has 0 aliphatic carbocycles. The van der Waals surface area contributed by atoms with Gasteiger partial charge in [0.05, 0.1) is 5.56 Å². The number of hydrogen-bond donors (Lipinski definition) is 1. The van der Waals surface area contributed by atoms with Gasteiger partial charge in [0.25, 0.3) is 5.56 Å². The number of hydrogen-bond acceptors (Lipinski definition) is 2. The average molecular weight is 203 g/mol. The Kier molecular flexibility index (Phi) is 1.63. The first-order valence-corrected chi connectivity index (χ1v) is 3.61. The second-order valence-electron chi connectivity index (χ2n) is 2.69. The summed E-state index contributed by atoms with van der Waals surface area (Å²) in [6.45, 7) is 0. The van der Waals surface area contributed by atoms with Crippen molar-refractivity contribution >= 4 is 5.65 Å². The van der Waals surface area contributed by atoms with E-state index in [0.717, 1.165) is 16.8 Å². The Morgan fingerprint density at radius 2 is 2.14 bits per heavy atom. The van der Waals surface area contributed by atoms with Gasteiger partial charge in [0.1, 0.15) is 0 Å². The Balaban J connectivity index is 2.67. The summed E-state index contributed by atoms with van der Waals surface area (Å²) in [5, 5.41) is 2.17. The lowest BCUT2D eigenvalue weighted by molar-refractivity contribution is -0.138. The lowest BCUT2D eigenvalue weighted by Crippen LogP contribution is -2.08. The summed E-state index contributed by atoms with van der Waals surface area (Å²) in [4.78, 5) is 14.2. The molecule has 0 bridgehead atoms. The molecule has 0 spiro atoms. The molecule has 0 saturated carbocycles. The van der Waals surface area contributed by atoms with Crippen LogP contribution in [0.4, 0.5) is 13.2 Å². The van der Waals surface area contributed by atoms with E-state index in [9.17, 15) is 18.0 Å². The molecule has 0 radical (unpaired) electrons. The van der Waals surface area contributed by atoms with Crippen molar-refractivity contribution < 1.29 is 13.2 Å². The molecular weight excluding hydrogens is 199 g/mol. The number of nitrogens with one attached hydrogen (secondary N) is 1. The number of rotatable bonds is 0. The van der Waals surface area contributed by atoms with Crippen molar-refractivity contribution in [3.8, 4) is 0 Å². The Bertz CT molecular complexity index is 525. The summed E-state index contributed by atoms with van der Waals surface area (Å²) < 4.78 is 37.5. The molecule has 0 atom stereocenters. The summed E-state index contributed by atoms with van der Waals surface area (Å²) in [6, 6.07) is 1.11. The number of aromatic amines is 1. The van der Waals surface area contributed by atoms with Crippen LogP contribution in [0.2, 0.25) is 0 Å². The maximum atomic E-state index is 12.2. The third kappa shape index (κ3) is 1.36. The zero-order valence-electron chi connectivity index (χ0n) is 6.67. The number of alkyl halides is 3. The highest BCUT2D eigenvalue weighted by molar-refractivity contribution is 5.36. The van der Waals surface area contributed by atoms with Gasteiger partial charge in [0.15, 0.2) is 5.65 Å². The van der Waals surface area contributed by atoms with Crippen LogP contribution in [0.3, 0.4) is 0 Å². The largest absolute Gasteiger partial charge is 0.419 e. The SMILES string of the molecule is O=c1cc2ncc(C(F)(F)F)cn2[nH]1. The van der Waals surface area contributed by atoms with Gasteiger partial charge in [-0.15, -0.1) is 0 Å². The second kappa shape index (κ2) is 2.60. The second-order valence-corrected chi connectivity index (χ2v) is 2.69. The zero-order chi connectivity index (χ0) is 10.3. The van der Waals surface area contributed by atoms with Gasteiger partial charge >= 0.3 is 6.18 Å². The van der Waals surface area contributed by atoms with Gasteiger partial charge in [-0.25, -0.2) is 9.50 Å². The van der Waals surface area contributed by atoms with E-state index in [0.29, 0.717) is 6.20 Å². The van der Waals surface area contributed by atoms with Crippen molar-refractivity contribution in [1.29, 1.82) is 0 Å². The molecular formula is C7H4F3N3O. The molecule has 2 rings (SSSR count). The Morgan fingerprint density at radius 3 is 2.79 bits per heavy atom. The highest BCUT2D eigenvalue weighted by Gasteiger charge is 2.31. The molecule has 1 N–H and O–H groups in total. The third-order valence-electron chi connectivity index (χ3n) is 1.67. The van der Waals surface area contributed by atoms with Crippen LogP contribution in [0, 0.1) is 0 Å². The van der Waals surface area contributed by atoms with E-state index in [1.165, 1.54) is 0 Å². The first kappa shape index (κ1) is 8.79. The normalized spacial score (nSPS) is 12.2. The standard InChI is InChI=1S/C7H4F3N3O/c8-7(9,10)4-2-11-5-1-6(14)12-13(5)3-4/h1-3H,(H,12,14). The van der Waals surface area contributed by atoms with Gasteiger partial charge in [-0.2, -0.15) is 13.2 Å². The summed E-state index contributed by atoms with van der Waals surface area (Å²) in [7, 11) is 0. The minimum atomic E-state index is -4.46. The van der Waals surface area contributed by atoms with Crippen molar-refractivity contribution in [1.82, 2.24) is 14.6 Å². The van der Waals surface area contributed by atoms with Gasteiger partial charge in [-0.05, 0) is 0 Å². The predicted molar refractivity (Wildman–Crippen MR) is 40.8 cm³/mol. The number of aromatic nitrogens is 3. The van der Waals surface area contributed by atoms with E-state index < -0.39 is 17.3 Å². The van der Waals surface area contributed by atoms with Crippen LogP contribution in [0.15, 0.2) is 23.3 Å². The van der Waals surface area contributed by atoms with Crippen LogP contribution in [0.25, 0.3) is 5.65 Å². The van der Waals surface area contributed by atoms with Gasteiger partial charge < -0.3 is 0 Å². The van der Waals surface area contributed by atoms with E-state index in [2.05, 4.69) is 10.1 Å². The molecule has 0 saturated heterocycles. The van der Waals surface area contributed by atoms with Gasteiger partial charge in [0.2, 0.25) is 0 Å². The summed E-state index contributed by atoms with van der Waals surface area (Å²) >= 11 is 0. The summed E-state index contributed by atoms with van der Waals surface area (Å²) in [5.41, 5.74) is -1.24. The van der Waals surface area contributed by atoms with E-state index in [-0.39, 0.29) is 5.65 Å². The molecule has 0 amide bonds. The molecule has 2 heterocycles. The molecule has 7 heteroatoms. The molecule has 74 valence electrons. The highest BCUT2D eigenvalue weighted by atomic mass is 19.4. The van der Waals surface area contributed by atoms with Crippen molar-refractivity contribution in [2.45, 2.75) is 6.18 Å². The fourth-order valence-electron chi connectivity index (χ4n) is 1.05. The Hall–Kier alpha value is -1.79. The van der Waals surface area contributed by atoms with Crippen molar-refractivity contribution in [3.05, 3.63) is 34.4 Å². The van der Waals surface area contributed by atoms with Crippen LogP contribution in [-0.4, -0.2) is 14.6 Å². The molecule has 2 aromatic rings. The smallest absolute Gasteiger partial charge is 0.268 e. The molecule has 0 aliphatic heterocycles. The lowest BCUT2D eigenvalue weighted by Gasteiger charge is -2.05. The third-order valence-corrected chi connectivity index (χ3v) is 1.67. The van der Waals surface area contributed by atoms with Crippen LogP contribution < -0.4 is 5.56 Å². The highest BCUT2D eigenvalue weighted by Crippen LogP contribution is 2.27. The molecule has 2 aromatic heterocycles. The van der Waals surface area contributed by atoms with Crippen LogP contribution in [0.5, 0.6) is 0 Å². The first-order chi connectivity index (χ1) is 6.47. The average Bonchev–Trinajstić information content (AvgIpc) is 2.41. The quantitative estimate of drug-likeness (QED) is 0.695. The minimum absolute atomic E-state index is 0.156. The fraction of sp³-hybridized carbons (Fsp3) is 0.143. The lowest BCUT2D eigenvalue weighted by atomic mass is 10.3. The number of halogens is 3. The monoisotopic (exact) mass is 203 g/mol. The zero-order valence-corrected chi connectivity index (χ0v) is 6.67. The number of nitrogens with zero attached hydrogens (tertiary/aromatic N) is 2. The molecule has 0 aliphatic rings. The maximum Gasteiger partial charge on any atom is 0.419 e. The van der Waals surface area contributed by atoms with E-state index in [1.807, 2.05) is 0 Å². The van der Waals surface area contributed by atoms with Gasteiger partial charge in [-0.1, -0.05) is 0 Å². The Labute approximate surface area is 75.0 Å². The first-order valence-electron chi connectivity index (χ1n) is 3.61. The van der Waals surface area contributed by atoms with Crippen LogP contribution >= 0.6 is 0 Å². The Morgan fingerprint density at radius 1 is 1.43 bits per heavy atom. The van der Waals surface area contributed by atoms with E-state index >= 15 is 0 Å². The fourth-order valence-corrected chi connectivity index (χ4v) is 1.05. The van der Waals surface area contributed by atoms with Crippen LogP contribution in [-0.2, 0) is 6.18 Å². The molecule has 0 unspecified atom stereocenters. The van der Waals surface area contributed by atoms with Gasteiger partial charge in [-0.3, -0.25) is 9.89 Å². The molecule has 14 heavy (non-hydrogen) atoms. The van der Waals surface area contributed by atoms with Gasteiger partial charge in [0, 0.05) is 18.5 Å². The molecule has 0 aromatic carbocycles. The summed E-state index contributed by atoms with van der Waals surface area (Å²) in [5.74, 6) is 0. The van der Waals surface area contributed by atoms with E-state index in [1.54, 1.807) is 0 Å². The van der Waals surface area contributed by atoms with Crippen molar-refractivity contribution in [2.75, 3.05) is 0 Å². The number of H-pyrrole nitrogens is 1. The summed E-state index contributed by atoms with van der Waals surface area (Å²) in [6.07, 6.45) is -2.99.